The Morgan fingerprint density at radius 1 is 1.76 bits per heavy atom. The minimum Gasteiger partial charge on any atom is -0.288 e. The lowest BCUT2D eigenvalue weighted by Crippen LogP contribution is -2.24. The molecular weight excluding hydrogens is 328 g/mol. The molecule has 17 heavy (non-hydrogen) atoms. The van der Waals surface area contributed by atoms with Gasteiger partial charge in [-0.25, -0.2) is 4.39 Å². The molecule has 0 N–H and O–H groups in total. The van der Waals surface area contributed by atoms with Crippen molar-refractivity contribution >= 4 is 28.3 Å². The van der Waals surface area contributed by atoms with E-state index >= 15 is 0 Å². The summed E-state index contributed by atoms with van der Waals surface area (Å²) in [6.07, 6.45) is 8.79. The maximum Gasteiger partial charge on any atom is 0.180 e. The second-order valence-electron chi connectivity index (χ2n) is 4.11. The molecule has 0 saturated carbocycles. The highest BCUT2D eigenvalue weighted by atomic mass is 127. The Labute approximate surface area is 116 Å². The highest BCUT2D eigenvalue weighted by Gasteiger charge is 2.26. The van der Waals surface area contributed by atoms with E-state index in [0.717, 1.165) is 12.1 Å². The number of nitrogens with zero attached hydrogens (tertiary/aromatic N) is 1. The van der Waals surface area contributed by atoms with Crippen LogP contribution in [0, 0.1) is 24.2 Å². The second kappa shape index (κ2) is 6.98. The first-order valence-corrected chi connectivity index (χ1v) is 7.07. The summed E-state index contributed by atoms with van der Waals surface area (Å²) in [5.41, 5.74) is 4.73. The average molecular weight is 345 g/mol. The minimum absolute atomic E-state index is 0.000972. The molecule has 0 aliphatic carbocycles. The topological polar surface area (TPSA) is 12.4 Å². The van der Waals surface area contributed by atoms with Crippen molar-refractivity contribution < 1.29 is 4.39 Å². The van der Waals surface area contributed by atoms with Gasteiger partial charge in [0.05, 0.1) is 6.54 Å². The zero-order chi connectivity index (χ0) is 12.8. The zero-order valence-electron chi connectivity index (χ0n) is 10.2. The lowest BCUT2D eigenvalue weighted by Gasteiger charge is -2.22. The Hall–Kier alpha value is -0.590. The van der Waals surface area contributed by atoms with Gasteiger partial charge in [0.2, 0.25) is 0 Å². The highest BCUT2D eigenvalue weighted by molar-refractivity contribution is 14.1. The number of terminal acetylenes is 1. The van der Waals surface area contributed by atoms with E-state index in [1.54, 1.807) is 28.7 Å². The minimum atomic E-state index is -1.01. The van der Waals surface area contributed by atoms with Crippen molar-refractivity contribution in [2.24, 2.45) is 16.8 Å². The van der Waals surface area contributed by atoms with Gasteiger partial charge in [-0.1, -0.05) is 13.8 Å². The monoisotopic (exact) mass is 345 g/mol. The predicted molar refractivity (Wildman–Crippen MR) is 79.2 cm³/mol. The van der Waals surface area contributed by atoms with Crippen molar-refractivity contribution in [1.29, 1.82) is 0 Å². The maximum atomic E-state index is 13.5. The number of hydrogen-bond acceptors (Lipinski definition) is 1. The molecule has 3 atom stereocenters. The Bertz CT molecular complexity index is 397. The molecule has 1 nitrogen and oxygen atoms in total. The molecule has 0 bridgehead atoms. The largest absolute Gasteiger partial charge is 0.288 e. The van der Waals surface area contributed by atoms with Crippen LogP contribution in [-0.2, 0) is 0 Å². The summed E-state index contributed by atoms with van der Waals surface area (Å²) < 4.78 is 12.5. The van der Waals surface area contributed by atoms with Crippen molar-refractivity contribution in [1.82, 2.24) is 0 Å². The molecule has 1 aliphatic heterocycles. The molecule has 1 rings (SSSR count). The quantitative estimate of drug-likeness (QED) is 0.317. The van der Waals surface area contributed by atoms with Gasteiger partial charge in [-0.15, -0.1) is 18.1 Å². The van der Waals surface area contributed by atoms with Crippen molar-refractivity contribution in [3.63, 3.8) is 0 Å². The molecular formula is C14H17FIN. The van der Waals surface area contributed by atoms with E-state index in [-0.39, 0.29) is 11.8 Å². The van der Waals surface area contributed by atoms with Crippen molar-refractivity contribution in [3.8, 4) is 12.3 Å². The van der Waals surface area contributed by atoms with Gasteiger partial charge in [-0.3, -0.25) is 4.99 Å². The summed E-state index contributed by atoms with van der Waals surface area (Å²) in [5, 5.41) is 0. The smallest absolute Gasteiger partial charge is 0.180 e. The van der Waals surface area contributed by atoms with E-state index in [9.17, 15) is 4.39 Å². The van der Waals surface area contributed by atoms with E-state index in [2.05, 4.69) is 23.6 Å². The SMILES string of the molecule is C#CCC(CC)C1=NCC=C=C(C(F)I)C1C. The van der Waals surface area contributed by atoms with Gasteiger partial charge in [-0.2, -0.15) is 0 Å². The highest BCUT2D eigenvalue weighted by Crippen LogP contribution is 2.28. The number of rotatable bonds is 4. The molecule has 0 spiro atoms. The lowest BCUT2D eigenvalue weighted by atomic mass is 9.85. The zero-order valence-corrected chi connectivity index (χ0v) is 12.4. The maximum absolute atomic E-state index is 13.5. The first kappa shape index (κ1) is 14.5. The molecule has 0 aromatic carbocycles. The van der Waals surface area contributed by atoms with Crippen LogP contribution in [-0.4, -0.2) is 16.4 Å². The van der Waals surface area contributed by atoms with Gasteiger partial charge in [0.25, 0.3) is 0 Å². The van der Waals surface area contributed by atoms with Crippen LogP contribution in [0.25, 0.3) is 0 Å². The fourth-order valence-corrected chi connectivity index (χ4v) is 2.79. The van der Waals surface area contributed by atoms with Crippen LogP contribution in [0.2, 0.25) is 0 Å². The first-order chi connectivity index (χ1) is 8.11. The first-order valence-electron chi connectivity index (χ1n) is 5.82. The number of hydrogen-bond donors (Lipinski definition) is 0. The van der Waals surface area contributed by atoms with Crippen LogP contribution in [0.4, 0.5) is 4.39 Å². The van der Waals surface area contributed by atoms with E-state index in [4.69, 9.17) is 6.42 Å². The molecule has 1 aliphatic rings. The van der Waals surface area contributed by atoms with Gasteiger partial charge < -0.3 is 0 Å². The fraction of sp³-hybridized carbons (Fsp3) is 0.571. The second-order valence-corrected chi connectivity index (χ2v) is 5.20. The van der Waals surface area contributed by atoms with E-state index in [1.807, 2.05) is 6.92 Å². The van der Waals surface area contributed by atoms with Crippen LogP contribution in [0.1, 0.15) is 26.7 Å². The molecule has 0 amide bonds. The number of halogens is 2. The number of aliphatic imine (C=N–C) groups is 1. The van der Waals surface area contributed by atoms with Crippen LogP contribution >= 0.6 is 22.6 Å². The molecule has 0 aromatic heterocycles. The van der Waals surface area contributed by atoms with Crippen molar-refractivity contribution in [2.45, 2.75) is 30.9 Å². The summed E-state index contributed by atoms with van der Waals surface area (Å²) in [6, 6.07) is 0. The molecule has 92 valence electrons. The Kier molecular flexibility index (Phi) is 5.94. The fourth-order valence-electron chi connectivity index (χ4n) is 2.07. The Morgan fingerprint density at radius 3 is 3.00 bits per heavy atom. The molecule has 0 aromatic rings. The summed E-state index contributed by atoms with van der Waals surface area (Å²) in [4.78, 5) is 4.54. The molecule has 3 heteroatoms. The Morgan fingerprint density at radius 2 is 2.47 bits per heavy atom. The summed E-state index contributed by atoms with van der Waals surface area (Å²) in [7, 11) is 0. The van der Waals surface area contributed by atoms with Crippen LogP contribution < -0.4 is 0 Å². The number of alkyl halides is 2. The third-order valence-corrected chi connectivity index (χ3v) is 3.73. The van der Waals surface area contributed by atoms with Gasteiger partial charge in [-0.05, 0) is 35.1 Å². The van der Waals surface area contributed by atoms with Gasteiger partial charge in [0.15, 0.2) is 4.18 Å². The Balaban J connectivity index is 3.00. The summed E-state index contributed by atoms with van der Waals surface area (Å²) >= 11 is 1.78. The molecule has 0 fully saturated rings. The van der Waals surface area contributed by atoms with Crippen molar-refractivity contribution in [2.75, 3.05) is 6.54 Å². The molecule has 3 unspecified atom stereocenters. The normalized spacial score (nSPS) is 23.1. The third kappa shape index (κ3) is 3.69. The summed E-state index contributed by atoms with van der Waals surface area (Å²) in [6.45, 7) is 4.66. The average Bonchev–Trinajstić information content (AvgIpc) is 2.48. The van der Waals surface area contributed by atoms with Gasteiger partial charge >= 0.3 is 0 Å². The van der Waals surface area contributed by atoms with Crippen LogP contribution in [0.5, 0.6) is 0 Å². The van der Waals surface area contributed by atoms with E-state index < -0.39 is 4.18 Å². The van der Waals surface area contributed by atoms with E-state index in [0.29, 0.717) is 18.5 Å². The molecule has 1 heterocycles. The van der Waals surface area contributed by atoms with Crippen molar-refractivity contribution in [3.05, 3.63) is 17.4 Å². The van der Waals surface area contributed by atoms with Gasteiger partial charge in [0.1, 0.15) is 0 Å². The third-order valence-electron chi connectivity index (χ3n) is 3.05. The molecule has 0 radical (unpaired) electrons. The van der Waals surface area contributed by atoms with Gasteiger partial charge in [0, 0.05) is 29.5 Å². The standard InChI is InChI=1S/C14H17FIN/c1-4-7-11(5-2)13-10(3)12(14(15)16)8-6-9-17-13/h1,6,10-11,14H,5,7,9H2,2-3H3. The summed E-state index contributed by atoms with van der Waals surface area (Å²) in [5.74, 6) is 2.94. The van der Waals surface area contributed by atoms with Crippen LogP contribution in [0.3, 0.4) is 0 Å². The lowest BCUT2D eigenvalue weighted by molar-refractivity contribution is 0.498. The molecule has 0 saturated heterocycles. The van der Waals surface area contributed by atoms with E-state index in [1.165, 1.54) is 0 Å². The predicted octanol–water partition coefficient (Wildman–Crippen LogP) is 3.94. The van der Waals surface area contributed by atoms with Crippen LogP contribution in [0.15, 0.2) is 22.4 Å².